The van der Waals surface area contributed by atoms with Crippen molar-refractivity contribution in [2.75, 3.05) is 0 Å². The van der Waals surface area contributed by atoms with E-state index in [1.807, 2.05) is 0 Å². The van der Waals surface area contributed by atoms with Gasteiger partial charge in [0.15, 0.2) is 0 Å². The second-order valence-electron chi connectivity index (χ2n) is 6.26. The lowest BCUT2D eigenvalue weighted by Crippen LogP contribution is -2.41. The largest absolute Gasteiger partial charge is 0.411 e. The van der Waals surface area contributed by atoms with Crippen LogP contribution in [-0.2, 0) is 0 Å². The SMILES string of the molecule is ON=C1[C@H]2C[C@@H]3C(=NO)[C@@H]4C[C@H]1C1C2C3C14. The summed E-state index contributed by atoms with van der Waals surface area (Å²) in [5, 5.41) is 25.6. The molecule has 0 heterocycles. The molecule has 5 fully saturated rings. The zero-order valence-corrected chi connectivity index (χ0v) is 8.82. The van der Waals surface area contributed by atoms with E-state index in [2.05, 4.69) is 10.3 Å². The van der Waals surface area contributed by atoms with Gasteiger partial charge in [0.05, 0.1) is 11.4 Å². The summed E-state index contributed by atoms with van der Waals surface area (Å²) in [4.78, 5) is 0. The summed E-state index contributed by atoms with van der Waals surface area (Å²) in [6.45, 7) is 0. The Morgan fingerprint density at radius 3 is 1.25 bits per heavy atom. The molecule has 5 aliphatic rings. The molecule has 0 aromatic carbocycles. The minimum atomic E-state index is 0.504. The minimum Gasteiger partial charge on any atom is -0.411 e. The molecule has 0 aliphatic heterocycles. The fourth-order valence-electron chi connectivity index (χ4n) is 6.32. The summed E-state index contributed by atoms with van der Waals surface area (Å²) in [7, 11) is 0. The first-order valence-corrected chi connectivity index (χ1v) is 6.30. The molecule has 84 valence electrons. The third-order valence-corrected chi connectivity index (χ3v) is 6.40. The molecule has 5 saturated carbocycles. The first kappa shape index (κ1) is 8.09. The van der Waals surface area contributed by atoms with Crippen LogP contribution < -0.4 is 0 Å². The fourth-order valence-corrected chi connectivity index (χ4v) is 6.32. The molecule has 0 aromatic heterocycles. The average Bonchev–Trinajstić information content (AvgIpc) is 2.77. The number of nitrogens with zero attached hydrogens (tertiary/aromatic N) is 2. The molecule has 5 rings (SSSR count). The van der Waals surface area contributed by atoms with E-state index in [0.717, 1.165) is 47.9 Å². The molecule has 4 heteroatoms. The maximum absolute atomic E-state index is 9.20. The Labute approximate surface area is 93.0 Å². The van der Waals surface area contributed by atoms with Crippen LogP contribution in [0.25, 0.3) is 0 Å². The number of rotatable bonds is 0. The van der Waals surface area contributed by atoms with Crippen molar-refractivity contribution in [2.45, 2.75) is 12.8 Å². The van der Waals surface area contributed by atoms with E-state index in [-0.39, 0.29) is 0 Å². The molecule has 2 N–H and O–H groups in total. The van der Waals surface area contributed by atoms with E-state index in [9.17, 15) is 10.4 Å². The van der Waals surface area contributed by atoms with Gasteiger partial charge in [-0.25, -0.2) is 0 Å². The molecule has 5 aliphatic carbocycles. The summed E-state index contributed by atoms with van der Waals surface area (Å²) in [5.74, 6) is 5.05. The van der Waals surface area contributed by atoms with Crippen molar-refractivity contribution < 1.29 is 10.4 Å². The van der Waals surface area contributed by atoms with Crippen molar-refractivity contribution in [3.05, 3.63) is 0 Å². The maximum Gasteiger partial charge on any atom is 0.0638 e. The molecule has 4 nitrogen and oxygen atoms in total. The summed E-state index contributed by atoms with van der Waals surface area (Å²) < 4.78 is 0. The molecule has 8 atom stereocenters. The second-order valence-corrected chi connectivity index (χ2v) is 6.26. The fraction of sp³-hybridized carbons (Fsp3) is 0.833. The van der Waals surface area contributed by atoms with Gasteiger partial charge >= 0.3 is 0 Å². The third kappa shape index (κ3) is 0.531. The van der Waals surface area contributed by atoms with Crippen LogP contribution in [0, 0.1) is 47.3 Å². The van der Waals surface area contributed by atoms with Crippen molar-refractivity contribution in [3.63, 3.8) is 0 Å². The minimum absolute atomic E-state index is 0.504. The quantitative estimate of drug-likeness (QED) is 0.477. The highest BCUT2D eigenvalue weighted by Crippen LogP contribution is 2.78. The molecule has 16 heavy (non-hydrogen) atoms. The van der Waals surface area contributed by atoms with E-state index in [1.165, 1.54) is 0 Å². The number of hydrogen-bond donors (Lipinski definition) is 2. The molecular formula is C12H14N2O2. The predicted octanol–water partition coefficient (Wildman–Crippen LogP) is 1.42. The lowest BCUT2D eigenvalue weighted by molar-refractivity contribution is 0.0202. The summed E-state index contributed by atoms with van der Waals surface area (Å²) in [6.07, 6.45) is 2.16. The van der Waals surface area contributed by atoms with Crippen molar-refractivity contribution in [2.24, 2.45) is 57.7 Å². The first-order chi connectivity index (χ1) is 7.86. The zero-order valence-electron chi connectivity index (χ0n) is 8.82. The van der Waals surface area contributed by atoms with Gasteiger partial charge in [-0.2, -0.15) is 0 Å². The first-order valence-electron chi connectivity index (χ1n) is 6.30. The van der Waals surface area contributed by atoms with E-state index in [1.54, 1.807) is 0 Å². The standard InChI is InChI=1S/C12H14N2O2/c15-13-11-3-1-4-8-7(3)9-5(11)2-6(10(8)9)12(4)14-16/h3-10,15-16H,1-2H2/t3-,4-,5-,6+,7?,8?,9?,10?/m0/s1. The van der Waals surface area contributed by atoms with Crippen LogP contribution in [0.3, 0.4) is 0 Å². The smallest absolute Gasteiger partial charge is 0.0638 e. The molecule has 0 spiro atoms. The normalized spacial score (nSPS) is 68.2. The second kappa shape index (κ2) is 2.15. The zero-order chi connectivity index (χ0) is 10.6. The van der Waals surface area contributed by atoms with Gasteiger partial charge in [0.1, 0.15) is 0 Å². The van der Waals surface area contributed by atoms with Crippen LogP contribution in [0.5, 0.6) is 0 Å². The van der Waals surface area contributed by atoms with Crippen LogP contribution in [0.1, 0.15) is 12.8 Å². The lowest BCUT2D eigenvalue weighted by atomic mass is 9.60. The Bertz CT molecular complexity index is 376. The van der Waals surface area contributed by atoms with Gasteiger partial charge in [-0.15, -0.1) is 0 Å². The van der Waals surface area contributed by atoms with E-state index in [4.69, 9.17) is 0 Å². The summed E-state index contributed by atoms with van der Waals surface area (Å²) in [5.41, 5.74) is 2.17. The van der Waals surface area contributed by atoms with Crippen LogP contribution in [-0.4, -0.2) is 21.8 Å². The highest BCUT2D eigenvalue weighted by molar-refractivity contribution is 6.01. The lowest BCUT2D eigenvalue weighted by Gasteiger charge is -2.43. The summed E-state index contributed by atoms with van der Waals surface area (Å²) in [6, 6.07) is 0. The number of oxime groups is 2. The average molecular weight is 218 g/mol. The molecular weight excluding hydrogens is 204 g/mol. The molecule has 0 amide bonds. The van der Waals surface area contributed by atoms with Gasteiger partial charge in [-0.05, 0) is 36.5 Å². The Balaban J connectivity index is 1.76. The van der Waals surface area contributed by atoms with Crippen LogP contribution in [0.4, 0.5) is 0 Å². The highest BCUT2D eigenvalue weighted by Gasteiger charge is 2.78. The molecule has 0 radical (unpaired) electrons. The van der Waals surface area contributed by atoms with Gasteiger partial charge < -0.3 is 10.4 Å². The van der Waals surface area contributed by atoms with Crippen LogP contribution >= 0.6 is 0 Å². The molecule has 0 saturated heterocycles. The van der Waals surface area contributed by atoms with Crippen LogP contribution in [0.15, 0.2) is 10.3 Å². The number of hydrogen-bond acceptors (Lipinski definition) is 4. The Morgan fingerprint density at radius 2 is 1.00 bits per heavy atom. The van der Waals surface area contributed by atoms with Crippen LogP contribution in [0.2, 0.25) is 0 Å². The highest BCUT2D eigenvalue weighted by atomic mass is 16.4. The Morgan fingerprint density at radius 1 is 0.688 bits per heavy atom. The van der Waals surface area contributed by atoms with Gasteiger partial charge in [0.2, 0.25) is 0 Å². The van der Waals surface area contributed by atoms with Gasteiger partial charge in [-0.3, -0.25) is 0 Å². The van der Waals surface area contributed by atoms with Crippen molar-refractivity contribution in [3.8, 4) is 0 Å². The van der Waals surface area contributed by atoms with Crippen molar-refractivity contribution in [1.29, 1.82) is 0 Å². The van der Waals surface area contributed by atoms with E-state index in [0.29, 0.717) is 23.7 Å². The Kier molecular flexibility index (Phi) is 1.09. The van der Waals surface area contributed by atoms with Gasteiger partial charge in [0.25, 0.3) is 0 Å². The Hall–Kier alpha value is -1.06. The molecule has 4 unspecified atom stereocenters. The van der Waals surface area contributed by atoms with E-state index < -0.39 is 0 Å². The monoisotopic (exact) mass is 218 g/mol. The van der Waals surface area contributed by atoms with E-state index >= 15 is 0 Å². The summed E-state index contributed by atoms with van der Waals surface area (Å²) >= 11 is 0. The predicted molar refractivity (Wildman–Crippen MR) is 55.6 cm³/mol. The van der Waals surface area contributed by atoms with Crippen molar-refractivity contribution in [1.82, 2.24) is 0 Å². The maximum atomic E-state index is 9.20. The topological polar surface area (TPSA) is 65.2 Å². The molecule has 0 bridgehead atoms. The third-order valence-electron chi connectivity index (χ3n) is 6.40. The van der Waals surface area contributed by atoms with Gasteiger partial charge in [0, 0.05) is 23.7 Å². The molecule has 0 aromatic rings. The van der Waals surface area contributed by atoms with Gasteiger partial charge in [-0.1, -0.05) is 10.3 Å². The van der Waals surface area contributed by atoms with Crippen molar-refractivity contribution >= 4 is 11.4 Å².